The van der Waals surface area contributed by atoms with Crippen LogP contribution in [0.4, 0.5) is 0 Å². The van der Waals surface area contributed by atoms with Gasteiger partial charge in [0.25, 0.3) is 0 Å². The third kappa shape index (κ3) is 3.31. The van der Waals surface area contributed by atoms with Gasteiger partial charge >= 0.3 is 0 Å². The predicted octanol–water partition coefficient (Wildman–Crippen LogP) is 4.57. The summed E-state index contributed by atoms with van der Waals surface area (Å²) in [5.41, 5.74) is 5.77. The Labute approximate surface area is 177 Å². The second-order valence-electron chi connectivity index (χ2n) is 7.93. The molecule has 0 aliphatic carbocycles. The first kappa shape index (κ1) is 19.6. The summed E-state index contributed by atoms with van der Waals surface area (Å²) in [5, 5.41) is 4.30. The number of nitrogens with zero attached hydrogens (tertiary/aromatic N) is 4. The quantitative estimate of drug-likeness (QED) is 0.644. The number of nitrogens with one attached hydrogen (secondary N) is 1. The Morgan fingerprint density at radius 2 is 1.79 bits per heavy atom. The van der Waals surface area contributed by atoms with Crippen molar-refractivity contribution in [1.29, 1.82) is 0 Å². The first-order chi connectivity index (χ1) is 13.9. The minimum Gasteiger partial charge on any atom is -0.352 e. The molecule has 1 aliphatic heterocycles. The van der Waals surface area contributed by atoms with Crippen molar-refractivity contribution in [2.45, 2.75) is 52.7 Å². The first-order valence-electron chi connectivity index (χ1n) is 10.0. The number of hydrogen-bond acceptors (Lipinski definition) is 3. The van der Waals surface area contributed by atoms with Gasteiger partial charge in [-0.05, 0) is 82.2 Å². The molecule has 29 heavy (non-hydrogen) atoms. The molecule has 3 aromatic rings. The molecule has 6 heteroatoms. The molecule has 0 radical (unpaired) electrons. The third-order valence-corrected chi connectivity index (χ3v) is 6.00. The van der Waals surface area contributed by atoms with Gasteiger partial charge in [-0.1, -0.05) is 12.1 Å². The van der Waals surface area contributed by atoms with Gasteiger partial charge in [0.15, 0.2) is 5.11 Å². The minimum atomic E-state index is 0.00452. The van der Waals surface area contributed by atoms with Gasteiger partial charge in [0.05, 0.1) is 17.8 Å². The monoisotopic (exact) mass is 405 g/mol. The van der Waals surface area contributed by atoms with Gasteiger partial charge in [0, 0.05) is 29.8 Å². The molecule has 0 bridgehead atoms. The first-order valence-corrected chi connectivity index (χ1v) is 10.4. The summed E-state index contributed by atoms with van der Waals surface area (Å²) in [6.07, 6.45) is 3.69. The number of pyridine rings is 2. The summed E-state index contributed by atoms with van der Waals surface area (Å²) in [5.74, 6) is 0.979. The maximum Gasteiger partial charge on any atom is 0.170 e. The van der Waals surface area contributed by atoms with Crippen LogP contribution in [0.25, 0.3) is 5.82 Å². The highest BCUT2D eigenvalue weighted by Crippen LogP contribution is 2.42. The van der Waals surface area contributed by atoms with E-state index in [1.807, 2.05) is 30.6 Å². The fourth-order valence-electron chi connectivity index (χ4n) is 4.38. The number of aromatic nitrogens is 3. The largest absolute Gasteiger partial charge is 0.352 e. The van der Waals surface area contributed by atoms with Gasteiger partial charge in [-0.25, -0.2) is 4.98 Å². The summed E-state index contributed by atoms with van der Waals surface area (Å²) < 4.78 is 2.25. The lowest BCUT2D eigenvalue weighted by molar-refractivity contribution is 0.269. The smallest absolute Gasteiger partial charge is 0.170 e. The Kier molecular flexibility index (Phi) is 5.13. The zero-order chi connectivity index (χ0) is 20.7. The van der Waals surface area contributed by atoms with Crippen molar-refractivity contribution in [2.75, 3.05) is 0 Å². The summed E-state index contributed by atoms with van der Waals surface area (Å²) in [4.78, 5) is 11.6. The molecular weight excluding hydrogens is 378 g/mol. The van der Waals surface area contributed by atoms with Crippen LogP contribution in [0.3, 0.4) is 0 Å². The molecule has 0 unspecified atom stereocenters. The van der Waals surface area contributed by atoms with E-state index in [0.717, 1.165) is 22.2 Å². The molecule has 150 valence electrons. The molecule has 1 saturated heterocycles. The van der Waals surface area contributed by atoms with E-state index in [1.165, 1.54) is 17.0 Å². The lowest BCUT2D eigenvalue weighted by atomic mass is 9.96. The maximum atomic E-state index is 5.74. The molecule has 1 aliphatic rings. The fourth-order valence-corrected chi connectivity index (χ4v) is 4.83. The Morgan fingerprint density at radius 3 is 2.45 bits per heavy atom. The molecule has 0 spiro atoms. The molecule has 4 heterocycles. The maximum absolute atomic E-state index is 5.74. The van der Waals surface area contributed by atoms with Crippen LogP contribution in [0.1, 0.15) is 54.1 Å². The molecule has 4 rings (SSSR count). The zero-order valence-corrected chi connectivity index (χ0v) is 18.4. The van der Waals surface area contributed by atoms with Crippen molar-refractivity contribution in [3.63, 3.8) is 0 Å². The van der Waals surface area contributed by atoms with Crippen LogP contribution in [0, 0.1) is 20.8 Å². The Balaban J connectivity index is 1.88. The number of hydrogen-bond donors (Lipinski definition) is 1. The van der Waals surface area contributed by atoms with E-state index < -0.39 is 0 Å². The average molecular weight is 406 g/mol. The second-order valence-corrected chi connectivity index (χ2v) is 8.32. The molecule has 3 aromatic heterocycles. The number of rotatable bonds is 4. The number of thiocarbonyl (C=S) groups is 1. The lowest BCUT2D eigenvalue weighted by Crippen LogP contribution is -2.35. The van der Waals surface area contributed by atoms with Crippen LogP contribution in [-0.2, 0) is 0 Å². The van der Waals surface area contributed by atoms with Gasteiger partial charge in [-0.15, -0.1) is 0 Å². The molecule has 5 nitrogen and oxygen atoms in total. The van der Waals surface area contributed by atoms with Gasteiger partial charge in [0.2, 0.25) is 0 Å². The van der Waals surface area contributed by atoms with E-state index in [9.17, 15) is 0 Å². The van der Waals surface area contributed by atoms with Gasteiger partial charge in [-0.2, -0.15) is 0 Å². The fraction of sp³-hybridized carbons (Fsp3) is 0.348. The van der Waals surface area contributed by atoms with Gasteiger partial charge in [0.1, 0.15) is 5.82 Å². The summed E-state index contributed by atoms with van der Waals surface area (Å²) in [6.45, 7) is 10.8. The second kappa shape index (κ2) is 7.59. The number of aryl methyl sites for hydroxylation is 2. The summed E-state index contributed by atoms with van der Waals surface area (Å²) in [7, 11) is 0. The van der Waals surface area contributed by atoms with E-state index in [4.69, 9.17) is 12.2 Å². The van der Waals surface area contributed by atoms with E-state index >= 15 is 0 Å². The standard InChI is InChI=1S/C23H27N5S/c1-14(2)27-21(20(26-23(27)29)19-10-6-7-11-24-19)18-13-16(4)28(17(18)5)22-15(3)9-8-12-25-22/h6-14,20-21H,1-5H3,(H,26,29)/t20-,21+/m1/s1. The van der Waals surface area contributed by atoms with Crippen LogP contribution < -0.4 is 5.32 Å². The van der Waals surface area contributed by atoms with Crippen LogP contribution >= 0.6 is 12.2 Å². The molecular formula is C23H27N5S. The molecule has 0 amide bonds. The average Bonchev–Trinajstić information content (AvgIpc) is 3.19. The Bertz CT molecular complexity index is 1040. The molecule has 0 aromatic carbocycles. The summed E-state index contributed by atoms with van der Waals surface area (Å²) >= 11 is 5.74. The SMILES string of the molecule is Cc1cccnc1-n1c(C)cc([C@H]2[C@@H](c3ccccn3)NC(=S)N2C(C)C)c1C. The minimum absolute atomic E-state index is 0.00452. The van der Waals surface area contributed by atoms with Crippen molar-refractivity contribution in [2.24, 2.45) is 0 Å². The van der Waals surface area contributed by atoms with Crippen molar-refractivity contribution >= 4 is 17.3 Å². The molecule has 0 saturated carbocycles. The predicted molar refractivity (Wildman–Crippen MR) is 120 cm³/mol. The summed E-state index contributed by atoms with van der Waals surface area (Å²) in [6, 6.07) is 12.7. The molecule has 1 fully saturated rings. The Hall–Kier alpha value is -2.73. The van der Waals surface area contributed by atoms with E-state index in [2.05, 4.69) is 77.6 Å². The van der Waals surface area contributed by atoms with Crippen molar-refractivity contribution in [1.82, 2.24) is 24.8 Å². The molecule has 2 atom stereocenters. The topological polar surface area (TPSA) is 46.0 Å². The zero-order valence-electron chi connectivity index (χ0n) is 17.5. The van der Waals surface area contributed by atoms with Gasteiger partial charge < -0.3 is 14.8 Å². The van der Waals surface area contributed by atoms with Crippen LogP contribution in [0.15, 0.2) is 48.8 Å². The van der Waals surface area contributed by atoms with E-state index in [1.54, 1.807) is 0 Å². The van der Waals surface area contributed by atoms with Crippen LogP contribution in [-0.4, -0.2) is 30.6 Å². The van der Waals surface area contributed by atoms with Crippen molar-refractivity contribution < 1.29 is 0 Å². The highest BCUT2D eigenvalue weighted by Gasteiger charge is 2.42. The van der Waals surface area contributed by atoms with Crippen LogP contribution in [0.2, 0.25) is 0 Å². The Morgan fingerprint density at radius 1 is 1.03 bits per heavy atom. The van der Waals surface area contributed by atoms with Crippen molar-refractivity contribution in [3.8, 4) is 5.82 Å². The van der Waals surface area contributed by atoms with Gasteiger partial charge in [-0.3, -0.25) is 4.98 Å². The van der Waals surface area contributed by atoms with E-state index in [0.29, 0.717) is 0 Å². The lowest BCUT2D eigenvalue weighted by Gasteiger charge is -2.31. The molecule has 1 N–H and O–H groups in total. The highest BCUT2D eigenvalue weighted by molar-refractivity contribution is 7.80. The normalized spacial score (nSPS) is 19.1. The van der Waals surface area contributed by atoms with Crippen molar-refractivity contribution in [3.05, 3.63) is 77.0 Å². The van der Waals surface area contributed by atoms with Crippen LogP contribution in [0.5, 0.6) is 0 Å². The third-order valence-electron chi connectivity index (χ3n) is 5.67. The highest BCUT2D eigenvalue weighted by atomic mass is 32.1. The van der Waals surface area contributed by atoms with E-state index in [-0.39, 0.29) is 18.1 Å².